The van der Waals surface area contributed by atoms with Crippen molar-refractivity contribution in [3.8, 4) is 0 Å². The van der Waals surface area contributed by atoms with Gasteiger partial charge in [-0.15, -0.1) is 0 Å². The zero-order valence-corrected chi connectivity index (χ0v) is 11.5. The Morgan fingerprint density at radius 1 is 1.19 bits per heavy atom. The zero-order chi connectivity index (χ0) is 15.3. The minimum Gasteiger partial charge on any atom is -0.468 e. The maximum atomic E-state index is 12.4. The Kier molecular flexibility index (Phi) is 4.85. The minimum absolute atomic E-state index is 0.0809. The van der Waals surface area contributed by atoms with Crippen LogP contribution in [-0.4, -0.2) is 6.04 Å². The molecule has 0 saturated heterocycles. The van der Waals surface area contributed by atoms with Gasteiger partial charge in [-0.25, -0.2) is 0 Å². The molecule has 2 aromatic rings. The minimum atomic E-state index is -4.29. The first kappa shape index (κ1) is 15.4. The molecule has 0 aliphatic carbocycles. The quantitative estimate of drug-likeness (QED) is 0.879. The summed E-state index contributed by atoms with van der Waals surface area (Å²) >= 11 is 0. The van der Waals surface area contributed by atoms with E-state index in [4.69, 9.17) is 4.42 Å². The van der Waals surface area contributed by atoms with Gasteiger partial charge >= 0.3 is 6.18 Å². The van der Waals surface area contributed by atoms with Gasteiger partial charge in [-0.1, -0.05) is 24.3 Å². The molecule has 0 radical (unpaired) electrons. The summed E-state index contributed by atoms with van der Waals surface area (Å²) in [5.41, 5.74) is 0.0956. The Labute approximate surface area is 121 Å². The highest BCUT2D eigenvalue weighted by atomic mass is 19.4. The van der Waals surface area contributed by atoms with E-state index in [1.54, 1.807) is 12.3 Å². The monoisotopic (exact) mass is 295 g/mol. The van der Waals surface area contributed by atoms with Gasteiger partial charge in [0.1, 0.15) is 5.76 Å². The van der Waals surface area contributed by atoms with Crippen LogP contribution in [0.25, 0.3) is 6.08 Å². The van der Waals surface area contributed by atoms with Crippen molar-refractivity contribution >= 4 is 6.08 Å². The largest absolute Gasteiger partial charge is 0.468 e. The van der Waals surface area contributed by atoms with Gasteiger partial charge in [0.05, 0.1) is 18.4 Å². The van der Waals surface area contributed by atoms with E-state index in [0.29, 0.717) is 6.54 Å². The molecule has 0 aliphatic heterocycles. The molecule has 1 atom stereocenters. The van der Waals surface area contributed by atoms with Gasteiger partial charge in [0.2, 0.25) is 0 Å². The van der Waals surface area contributed by atoms with Gasteiger partial charge in [0.25, 0.3) is 0 Å². The fourth-order valence-corrected chi connectivity index (χ4v) is 1.78. The standard InChI is InChI=1S/C16H16F3NO/c1-12(20-11-15-3-2-10-21-15)4-5-13-6-8-14(9-7-13)16(17,18)19/h2-10,12,20H,11H2,1H3/b5-4+/t12-/m0/s1. The third kappa shape index (κ3) is 4.79. The maximum Gasteiger partial charge on any atom is 0.416 e. The molecular weight excluding hydrogens is 279 g/mol. The lowest BCUT2D eigenvalue weighted by Crippen LogP contribution is -2.22. The predicted molar refractivity (Wildman–Crippen MR) is 75.5 cm³/mol. The number of alkyl halides is 3. The maximum absolute atomic E-state index is 12.4. The molecular formula is C16H16F3NO. The van der Waals surface area contributed by atoms with Crippen molar-refractivity contribution in [1.29, 1.82) is 0 Å². The van der Waals surface area contributed by atoms with Crippen LogP contribution in [0.1, 0.15) is 23.8 Å². The fourth-order valence-electron chi connectivity index (χ4n) is 1.78. The summed E-state index contributed by atoms with van der Waals surface area (Å²) in [5.74, 6) is 0.838. The summed E-state index contributed by atoms with van der Waals surface area (Å²) in [6, 6.07) is 8.86. The van der Waals surface area contributed by atoms with Crippen LogP contribution in [0.3, 0.4) is 0 Å². The first-order chi connectivity index (χ1) is 9.95. The Morgan fingerprint density at radius 2 is 1.90 bits per heavy atom. The number of furan rings is 1. The van der Waals surface area contributed by atoms with E-state index in [2.05, 4.69) is 5.32 Å². The lowest BCUT2D eigenvalue weighted by atomic mass is 10.1. The Morgan fingerprint density at radius 3 is 2.48 bits per heavy atom. The number of benzene rings is 1. The van der Waals surface area contributed by atoms with Crippen LogP contribution in [0.4, 0.5) is 13.2 Å². The Bertz CT molecular complexity index is 571. The van der Waals surface area contributed by atoms with E-state index < -0.39 is 11.7 Å². The smallest absolute Gasteiger partial charge is 0.416 e. The van der Waals surface area contributed by atoms with Crippen LogP contribution < -0.4 is 5.32 Å². The Balaban J connectivity index is 1.88. The first-order valence-electron chi connectivity index (χ1n) is 6.56. The molecule has 21 heavy (non-hydrogen) atoms. The molecule has 1 N–H and O–H groups in total. The lowest BCUT2D eigenvalue weighted by molar-refractivity contribution is -0.137. The highest BCUT2D eigenvalue weighted by Gasteiger charge is 2.29. The molecule has 0 amide bonds. The number of nitrogens with one attached hydrogen (secondary N) is 1. The van der Waals surface area contributed by atoms with Crippen LogP contribution in [0.15, 0.2) is 53.2 Å². The topological polar surface area (TPSA) is 25.2 Å². The van der Waals surface area contributed by atoms with E-state index in [1.807, 2.05) is 25.1 Å². The highest BCUT2D eigenvalue weighted by Crippen LogP contribution is 2.29. The number of halogens is 3. The third-order valence-corrected chi connectivity index (χ3v) is 2.99. The van der Waals surface area contributed by atoms with Gasteiger partial charge in [-0.2, -0.15) is 13.2 Å². The predicted octanol–water partition coefficient (Wildman–Crippen LogP) is 4.49. The molecule has 2 rings (SSSR count). The third-order valence-electron chi connectivity index (χ3n) is 2.99. The van der Waals surface area contributed by atoms with Crippen LogP contribution in [0.2, 0.25) is 0 Å². The number of hydrogen-bond acceptors (Lipinski definition) is 2. The van der Waals surface area contributed by atoms with Gasteiger partial charge in [-0.05, 0) is 36.8 Å². The highest BCUT2D eigenvalue weighted by molar-refractivity contribution is 5.50. The van der Waals surface area contributed by atoms with Crippen LogP contribution in [-0.2, 0) is 12.7 Å². The van der Waals surface area contributed by atoms with Crippen LogP contribution in [0, 0.1) is 0 Å². The van der Waals surface area contributed by atoms with Crippen molar-refractivity contribution in [2.45, 2.75) is 25.7 Å². The van der Waals surface area contributed by atoms with Gasteiger partial charge in [0, 0.05) is 6.04 Å². The molecule has 0 bridgehead atoms. The Hall–Kier alpha value is -2.01. The molecule has 1 aromatic carbocycles. The van der Waals surface area contributed by atoms with Crippen molar-refractivity contribution in [1.82, 2.24) is 5.32 Å². The van der Waals surface area contributed by atoms with Crippen LogP contribution >= 0.6 is 0 Å². The average molecular weight is 295 g/mol. The second-order valence-electron chi connectivity index (χ2n) is 4.73. The van der Waals surface area contributed by atoms with E-state index >= 15 is 0 Å². The van der Waals surface area contributed by atoms with Gasteiger partial charge in [-0.3, -0.25) is 0 Å². The average Bonchev–Trinajstić information content (AvgIpc) is 2.95. The summed E-state index contributed by atoms with van der Waals surface area (Å²) in [5, 5.41) is 3.23. The van der Waals surface area contributed by atoms with Crippen molar-refractivity contribution in [3.05, 3.63) is 65.6 Å². The van der Waals surface area contributed by atoms with E-state index in [0.717, 1.165) is 23.5 Å². The van der Waals surface area contributed by atoms with Gasteiger partial charge in [0.15, 0.2) is 0 Å². The second kappa shape index (κ2) is 6.63. The van der Waals surface area contributed by atoms with Crippen molar-refractivity contribution in [2.75, 3.05) is 0 Å². The molecule has 0 saturated carbocycles. The lowest BCUT2D eigenvalue weighted by Gasteiger charge is -2.08. The molecule has 0 unspecified atom stereocenters. The summed E-state index contributed by atoms with van der Waals surface area (Å²) < 4.78 is 42.5. The summed E-state index contributed by atoms with van der Waals surface area (Å²) in [6.07, 6.45) is 1.01. The van der Waals surface area contributed by atoms with E-state index in [-0.39, 0.29) is 6.04 Å². The molecule has 5 heteroatoms. The van der Waals surface area contributed by atoms with E-state index in [1.165, 1.54) is 12.1 Å². The fraction of sp³-hybridized carbons (Fsp3) is 0.250. The van der Waals surface area contributed by atoms with E-state index in [9.17, 15) is 13.2 Å². The SMILES string of the molecule is C[C@@H](/C=C/c1ccc(C(F)(F)F)cc1)NCc1ccco1. The number of rotatable bonds is 5. The molecule has 0 fully saturated rings. The molecule has 112 valence electrons. The normalized spacial score (nSPS) is 13.7. The second-order valence-corrected chi connectivity index (χ2v) is 4.73. The summed E-state index contributed by atoms with van der Waals surface area (Å²) in [6.45, 7) is 2.56. The van der Waals surface area contributed by atoms with Crippen molar-refractivity contribution < 1.29 is 17.6 Å². The van der Waals surface area contributed by atoms with Crippen molar-refractivity contribution in [2.24, 2.45) is 0 Å². The van der Waals surface area contributed by atoms with Crippen molar-refractivity contribution in [3.63, 3.8) is 0 Å². The zero-order valence-electron chi connectivity index (χ0n) is 11.5. The summed E-state index contributed by atoms with van der Waals surface area (Å²) in [7, 11) is 0. The van der Waals surface area contributed by atoms with Crippen LogP contribution in [0.5, 0.6) is 0 Å². The van der Waals surface area contributed by atoms with Gasteiger partial charge < -0.3 is 9.73 Å². The molecule has 1 heterocycles. The first-order valence-corrected chi connectivity index (χ1v) is 6.56. The molecule has 2 nitrogen and oxygen atoms in total. The summed E-state index contributed by atoms with van der Waals surface area (Å²) in [4.78, 5) is 0. The molecule has 1 aromatic heterocycles. The molecule has 0 aliphatic rings. The number of hydrogen-bond donors (Lipinski definition) is 1. The molecule has 0 spiro atoms.